The smallest absolute Gasteiger partial charge is 0.308 e. The fourth-order valence-electron chi connectivity index (χ4n) is 3.25. The third-order valence-electron chi connectivity index (χ3n) is 4.93. The Kier molecular flexibility index (Phi) is 6.10. The number of hydrogen-bond donors (Lipinski definition) is 3. The molecule has 1 aromatic carbocycles. The first-order valence-corrected chi connectivity index (χ1v) is 9.96. The average Bonchev–Trinajstić information content (AvgIpc) is 3.17. The predicted molar refractivity (Wildman–Crippen MR) is 118 cm³/mol. The van der Waals surface area contributed by atoms with Gasteiger partial charge in [0.25, 0.3) is 11.1 Å². The molecule has 8 heteroatoms. The molecular weight excluding hydrogens is 396 g/mol. The standard InChI is InChI=1S/C23H26N4O4/c1-14(22(30)31)12-27-18(10-15-8-6-5-7-9-15)20(28)26-17(21(27)29)11-16-19(23(2,3)4)25-13-24-16/h5-11,13-14H,12H2,1-4H3,(H,24,25)(H,26,28)(H,30,31)/b17-11-,18-10-. The summed E-state index contributed by atoms with van der Waals surface area (Å²) in [4.78, 5) is 47.7. The largest absolute Gasteiger partial charge is 0.481 e. The van der Waals surface area contributed by atoms with Gasteiger partial charge in [0.15, 0.2) is 0 Å². The van der Waals surface area contributed by atoms with E-state index in [4.69, 9.17) is 0 Å². The van der Waals surface area contributed by atoms with Gasteiger partial charge in [-0.05, 0) is 17.7 Å². The molecule has 0 spiro atoms. The van der Waals surface area contributed by atoms with Crippen LogP contribution in [0.5, 0.6) is 0 Å². The van der Waals surface area contributed by atoms with Crippen LogP contribution < -0.4 is 21.8 Å². The van der Waals surface area contributed by atoms with Gasteiger partial charge in [-0.2, -0.15) is 0 Å². The van der Waals surface area contributed by atoms with Crippen LogP contribution in [0.25, 0.3) is 12.2 Å². The van der Waals surface area contributed by atoms with Crippen LogP contribution >= 0.6 is 0 Å². The molecule has 1 atom stereocenters. The number of hydrogen-bond acceptors (Lipinski definition) is 4. The van der Waals surface area contributed by atoms with Crippen molar-refractivity contribution in [3.8, 4) is 0 Å². The number of benzene rings is 1. The number of carboxylic acids is 1. The van der Waals surface area contributed by atoms with E-state index in [1.54, 1.807) is 18.2 Å². The molecule has 31 heavy (non-hydrogen) atoms. The van der Waals surface area contributed by atoms with Crippen molar-refractivity contribution in [1.29, 1.82) is 0 Å². The lowest BCUT2D eigenvalue weighted by Gasteiger charge is -2.17. The van der Waals surface area contributed by atoms with E-state index in [-0.39, 0.29) is 22.7 Å². The summed E-state index contributed by atoms with van der Waals surface area (Å²) in [7, 11) is 0. The summed E-state index contributed by atoms with van der Waals surface area (Å²) in [5.74, 6) is -1.91. The molecule has 0 saturated carbocycles. The molecule has 0 aliphatic rings. The van der Waals surface area contributed by atoms with Crippen LogP contribution in [0.1, 0.15) is 44.6 Å². The molecule has 8 nitrogen and oxygen atoms in total. The molecule has 3 aromatic rings. The summed E-state index contributed by atoms with van der Waals surface area (Å²) in [6, 6.07) is 9.07. The minimum absolute atomic E-state index is 0.0467. The molecule has 3 rings (SSSR count). The van der Waals surface area contributed by atoms with E-state index in [1.165, 1.54) is 23.9 Å². The second kappa shape index (κ2) is 8.59. The maximum Gasteiger partial charge on any atom is 0.308 e. The summed E-state index contributed by atoms with van der Waals surface area (Å²) >= 11 is 0. The highest BCUT2D eigenvalue weighted by Crippen LogP contribution is 2.22. The summed E-state index contributed by atoms with van der Waals surface area (Å²) < 4.78 is 1.22. The number of H-pyrrole nitrogens is 2. The molecule has 2 heterocycles. The first-order chi connectivity index (χ1) is 14.6. The Hall–Kier alpha value is -3.68. The van der Waals surface area contributed by atoms with Gasteiger partial charge < -0.3 is 19.6 Å². The minimum atomic E-state index is -1.05. The topological polar surface area (TPSA) is 121 Å². The summed E-state index contributed by atoms with van der Waals surface area (Å²) in [5.41, 5.74) is 0.859. The lowest BCUT2D eigenvalue weighted by atomic mass is 9.90. The molecule has 0 saturated heterocycles. The molecule has 0 aliphatic heterocycles. The Balaban J connectivity index is 2.30. The Bertz CT molecular complexity index is 1320. The quantitative estimate of drug-likeness (QED) is 0.565. The van der Waals surface area contributed by atoms with Gasteiger partial charge in [-0.25, -0.2) is 4.98 Å². The van der Waals surface area contributed by atoms with Crippen molar-refractivity contribution in [2.75, 3.05) is 0 Å². The molecule has 0 radical (unpaired) electrons. The van der Waals surface area contributed by atoms with E-state index in [0.717, 1.165) is 11.3 Å². The summed E-state index contributed by atoms with van der Waals surface area (Å²) in [5, 5.41) is 9.50. The van der Waals surface area contributed by atoms with E-state index >= 15 is 0 Å². The Morgan fingerprint density at radius 1 is 1.19 bits per heavy atom. The number of aromatic nitrogens is 4. The average molecular weight is 422 g/mol. The van der Waals surface area contributed by atoms with Crippen LogP contribution in [0.2, 0.25) is 0 Å². The van der Waals surface area contributed by atoms with E-state index in [2.05, 4.69) is 15.0 Å². The molecule has 0 aliphatic carbocycles. The SMILES string of the molecule is CC(Cn1c(=O)/c(=C/c2nc[nH]c2C(C)(C)C)[nH]c(=O)/c1=C/c1ccccc1)C(=O)O. The van der Waals surface area contributed by atoms with Crippen LogP contribution in [-0.4, -0.2) is 30.6 Å². The molecule has 0 bridgehead atoms. The van der Waals surface area contributed by atoms with Crippen LogP contribution in [0, 0.1) is 5.92 Å². The lowest BCUT2D eigenvalue weighted by Crippen LogP contribution is -2.54. The van der Waals surface area contributed by atoms with Crippen molar-refractivity contribution in [3.05, 3.63) is 85.0 Å². The fraction of sp³-hybridized carbons (Fsp3) is 0.304. The zero-order valence-electron chi connectivity index (χ0n) is 18.0. The number of aliphatic carboxylic acids is 1. The number of nitrogens with zero attached hydrogens (tertiary/aromatic N) is 2. The van der Waals surface area contributed by atoms with Crippen LogP contribution in [0.4, 0.5) is 0 Å². The molecule has 2 aromatic heterocycles. The minimum Gasteiger partial charge on any atom is -0.481 e. The predicted octanol–water partition coefficient (Wildman–Crippen LogP) is 0.936. The Morgan fingerprint density at radius 2 is 1.87 bits per heavy atom. The molecule has 162 valence electrons. The Labute approximate surface area is 178 Å². The van der Waals surface area contributed by atoms with E-state index in [0.29, 0.717) is 5.69 Å². The lowest BCUT2D eigenvalue weighted by molar-refractivity contribution is -0.141. The fourth-order valence-corrected chi connectivity index (χ4v) is 3.25. The highest BCUT2D eigenvalue weighted by molar-refractivity contribution is 5.69. The zero-order valence-corrected chi connectivity index (χ0v) is 18.0. The third-order valence-corrected chi connectivity index (χ3v) is 4.93. The van der Waals surface area contributed by atoms with Crippen LogP contribution in [-0.2, 0) is 16.8 Å². The van der Waals surface area contributed by atoms with Crippen LogP contribution in [0.15, 0.2) is 46.2 Å². The van der Waals surface area contributed by atoms with Crippen molar-refractivity contribution in [2.45, 2.75) is 39.7 Å². The Morgan fingerprint density at radius 3 is 2.48 bits per heavy atom. The molecule has 1 unspecified atom stereocenters. The maximum absolute atomic E-state index is 13.3. The van der Waals surface area contributed by atoms with Gasteiger partial charge in [0, 0.05) is 17.7 Å². The molecule has 0 amide bonds. The molecule has 0 fully saturated rings. The highest BCUT2D eigenvalue weighted by atomic mass is 16.4. The summed E-state index contributed by atoms with van der Waals surface area (Å²) in [6.45, 7) is 7.38. The van der Waals surface area contributed by atoms with Crippen molar-refractivity contribution in [3.63, 3.8) is 0 Å². The van der Waals surface area contributed by atoms with Crippen molar-refractivity contribution in [1.82, 2.24) is 19.5 Å². The van der Waals surface area contributed by atoms with Crippen molar-refractivity contribution >= 4 is 18.1 Å². The van der Waals surface area contributed by atoms with Crippen LogP contribution in [0.3, 0.4) is 0 Å². The van der Waals surface area contributed by atoms with Crippen molar-refractivity contribution in [2.24, 2.45) is 5.92 Å². The highest BCUT2D eigenvalue weighted by Gasteiger charge is 2.20. The third kappa shape index (κ3) is 4.91. The van der Waals surface area contributed by atoms with Gasteiger partial charge in [-0.15, -0.1) is 0 Å². The van der Waals surface area contributed by atoms with E-state index < -0.39 is 23.0 Å². The number of carbonyl (C=O) groups is 1. The molecule has 3 N–H and O–H groups in total. The number of imidazole rings is 1. The first kappa shape index (κ1) is 22.0. The maximum atomic E-state index is 13.3. The van der Waals surface area contributed by atoms with Gasteiger partial charge in [-0.1, -0.05) is 58.0 Å². The first-order valence-electron chi connectivity index (χ1n) is 9.96. The number of carboxylic acid groups (broad SMARTS) is 1. The van der Waals surface area contributed by atoms with Crippen molar-refractivity contribution < 1.29 is 9.90 Å². The monoisotopic (exact) mass is 422 g/mol. The summed E-state index contributed by atoms with van der Waals surface area (Å²) in [6.07, 6.45) is 4.63. The van der Waals surface area contributed by atoms with Gasteiger partial charge in [0.2, 0.25) is 0 Å². The van der Waals surface area contributed by atoms with E-state index in [1.807, 2.05) is 39.0 Å². The molecular formula is C23H26N4O4. The van der Waals surface area contributed by atoms with Gasteiger partial charge in [0.05, 0.1) is 17.9 Å². The number of rotatable bonds is 5. The number of nitrogens with one attached hydrogen (secondary N) is 2. The van der Waals surface area contributed by atoms with Gasteiger partial charge in [0.1, 0.15) is 10.7 Å². The normalized spacial score (nSPS) is 14.1. The van der Waals surface area contributed by atoms with E-state index in [9.17, 15) is 19.5 Å². The number of aromatic amines is 2. The second-order valence-corrected chi connectivity index (χ2v) is 8.52. The zero-order chi connectivity index (χ0) is 22.8. The van der Waals surface area contributed by atoms with Gasteiger partial charge in [-0.3, -0.25) is 14.4 Å². The second-order valence-electron chi connectivity index (χ2n) is 8.52. The van der Waals surface area contributed by atoms with Gasteiger partial charge >= 0.3 is 5.97 Å².